The highest BCUT2D eigenvalue weighted by Gasteiger charge is 2.06. The first-order valence-electron chi connectivity index (χ1n) is 7.08. The average molecular weight is 315 g/mol. The van der Waals surface area contributed by atoms with E-state index in [1.165, 1.54) is 29.8 Å². The van der Waals surface area contributed by atoms with Crippen molar-refractivity contribution in [3.05, 3.63) is 71.3 Å². The van der Waals surface area contributed by atoms with Crippen molar-refractivity contribution in [2.24, 2.45) is 0 Å². The number of carbonyl (C=O) groups excluding carboxylic acids is 1. The van der Waals surface area contributed by atoms with Crippen LogP contribution in [0.2, 0.25) is 0 Å². The first-order chi connectivity index (χ1) is 10.7. The summed E-state index contributed by atoms with van der Waals surface area (Å²) >= 11 is 0. The minimum absolute atomic E-state index is 0.0278. The minimum Gasteiger partial charge on any atom is -0.545 e. The molecular weight excluding hydrogens is 294 g/mol. The summed E-state index contributed by atoms with van der Waals surface area (Å²) in [4.78, 5) is 20.5. The van der Waals surface area contributed by atoms with Gasteiger partial charge in [-0.2, -0.15) is 0 Å². The number of nitrogens with zero attached hydrogens (tertiary/aromatic N) is 1. The molecule has 5 nitrogen and oxygen atoms in total. The van der Waals surface area contributed by atoms with Crippen LogP contribution in [0.15, 0.2) is 54.6 Å². The Balaban J connectivity index is 0.000000231. The number of carbonyl (C=O) groups is 2. The first-order valence-corrected chi connectivity index (χ1v) is 7.08. The van der Waals surface area contributed by atoms with Crippen LogP contribution < -0.4 is 5.11 Å². The van der Waals surface area contributed by atoms with Crippen LogP contribution in [-0.2, 0) is 6.54 Å². The standard InChI is InChI=1S/C10H16N.C8H6O4/c1-11(2,3)9-10-7-5-4-6-8-10;9-7(10)5-1-2-6(4-3-5)8(11)12/h4-8H,9H2,1-3H3;1-4H,(H,9,10)(H,11,12)/q+1;/p-1. The number of hydrogen-bond acceptors (Lipinski definition) is 3. The molecule has 122 valence electrons. The third kappa shape index (κ3) is 7.24. The fraction of sp³-hybridized carbons (Fsp3) is 0.222. The molecule has 0 fully saturated rings. The second kappa shape index (κ2) is 8.10. The van der Waals surface area contributed by atoms with Crippen molar-refractivity contribution < 1.29 is 24.3 Å². The molecule has 2 rings (SSSR count). The van der Waals surface area contributed by atoms with Gasteiger partial charge in [0.05, 0.1) is 32.7 Å². The molecule has 0 amide bonds. The number of quaternary nitrogens is 1. The molecule has 0 aliphatic rings. The van der Waals surface area contributed by atoms with Gasteiger partial charge in [-0.05, 0) is 17.7 Å². The molecular formula is C18H21NO4. The van der Waals surface area contributed by atoms with Crippen LogP contribution in [0.5, 0.6) is 0 Å². The molecule has 5 heteroatoms. The summed E-state index contributed by atoms with van der Waals surface area (Å²) in [5, 5.41) is 18.7. The maximum atomic E-state index is 10.3. The van der Waals surface area contributed by atoms with Crippen LogP contribution in [0.25, 0.3) is 0 Å². The van der Waals surface area contributed by atoms with Crippen molar-refractivity contribution in [1.29, 1.82) is 0 Å². The molecule has 0 aliphatic heterocycles. The number of rotatable bonds is 4. The first kappa shape index (κ1) is 18.4. The summed E-state index contributed by atoms with van der Waals surface area (Å²) in [6.07, 6.45) is 0. The largest absolute Gasteiger partial charge is 0.545 e. The topological polar surface area (TPSA) is 77.4 Å². The second-order valence-corrected chi connectivity index (χ2v) is 6.10. The van der Waals surface area contributed by atoms with E-state index in [0.29, 0.717) is 0 Å². The lowest BCUT2D eigenvalue weighted by atomic mass is 10.1. The molecule has 0 spiro atoms. The van der Waals surface area contributed by atoms with Gasteiger partial charge in [0.25, 0.3) is 0 Å². The van der Waals surface area contributed by atoms with Crippen molar-refractivity contribution in [3.63, 3.8) is 0 Å². The molecule has 2 aromatic carbocycles. The van der Waals surface area contributed by atoms with Gasteiger partial charge in [0.1, 0.15) is 6.54 Å². The normalized spacial score (nSPS) is 10.4. The van der Waals surface area contributed by atoms with E-state index in [-0.39, 0.29) is 11.1 Å². The fourth-order valence-corrected chi connectivity index (χ4v) is 1.88. The number of carboxylic acids is 2. The zero-order valence-corrected chi connectivity index (χ0v) is 13.5. The van der Waals surface area contributed by atoms with Gasteiger partial charge in [-0.15, -0.1) is 0 Å². The van der Waals surface area contributed by atoms with E-state index < -0.39 is 11.9 Å². The summed E-state index contributed by atoms with van der Waals surface area (Å²) in [7, 11) is 6.60. The smallest absolute Gasteiger partial charge is 0.335 e. The average Bonchev–Trinajstić information content (AvgIpc) is 2.47. The summed E-state index contributed by atoms with van der Waals surface area (Å²) in [6, 6.07) is 15.4. The number of carboxylic acid groups (broad SMARTS) is 2. The van der Waals surface area contributed by atoms with Crippen molar-refractivity contribution >= 4 is 11.9 Å². The fourth-order valence-electron chi connectivity index (χ4n) is 1.88. The van der Waals surface area contributed by atoms with E-state index in [4.69, 9.17) is 5.11 Å². The molecule has 1 N–H and O–H groups in total. The Kier molecular flexibility index (Phi) is 6.48. The van der Waals surface area contributed by atoms with E-state index in [1.807, 2.05) is 0 Å². The quantitative estimate of drug-likeness (QED) is 0.870. The van der Waals surface area contributed by atoms with Crippen LogP contribution in [-0.4, -0.2) is 42.7 Å². The van der Waals surface area contributed by atoms with Crippen molar-refractivity contribution in [1.82, 2.24) is 0 Å². The third-order valence-corrected chi connectivity index (χ3v) is 2.87. The molecule has 0 aliphatic carbocycles. The summed E-state index contributed by atoms with van der Waals surface area (Å²) < 4.78 is 0.990. The third-order valence-electron chi connectivity index (χ3n) is 2.87. The van der Waals surface area contributed by atoms with Crippen LogP contribution in [0.1, 0.15) is 26.3 Å². The van der Waals surface area contributed by atoms with E-state index in [1.54, 1.807) is 0 Å². The Bertz CT molecular complexity index is 610. The van der Waals surface area contributed by atoms with E-state index >= 15 is 0 Å². The van der Waals surface area contributed by atoms with E-state index in [0.717, 1.165) is 11.0 Å². The van der Waals surface area contributed by atoms with Crippen LogP contribution in [0.3, 0.4) is 0 Å². The monoisotopic (exact) mass is 315 g/mol. The van der Waals surface area contributed by atoms with Crippen molar-refractivity contribution in [3.8, 4) is 0 Å². The molecule has 23 heavy (non-hydrogen) atoms. The summed E-state index contributed by atoms with van der Waals surface area (Å²) in [5.74, 6) is -2.40. The molecule has 0 unspecified atom stereocenters. The van der Waals surface area contributed by atoms with Gasteiger partial charge in [0, 0.05) is 5.56 Å². The summed E-state index contributed by atoms with van der Waals surface area (Å²) in [6.45, 7) is 1.10. The maximum absolute atomic E-state index is 10.3. The Morgan fingerprint density at radius 2 is 1.39 bits per heavy atom. The lowest BCUT2D eigenvalue weighted by Gasteiger charge is -2.23. The molecule has 2 aromatic rings. The van der Waals surface area contributed by atoms with Gasteiger partial charge in [-0.25, -0.2) is 4.79 Å². The minimum atomic E-state index is -1.31. The molecule has 0 heterocycles. The Morgan fingerprint density at radius 3 is 1.78 bits per heavy atom. The van der Waals surface area contributed by atoms with Gasteiger partial charge in [-0.1, -0.05) is 42.5 Å². The van der Waals surface area contributed by atoms with Crippen molar-refractivity contribution in [2.45, 2.75) is 6.54 Å². The zero-order valence-electron chi connectivity index (χ0n) is 13.5. The van der Waals surface area contributed by atoms with Crippen LogP contribution in [0, 0.1) is 0 Å². The second-order valence-electron chi connectivity index (χ2n) is 6.10. The van der Waals surface area contributed by atoms with Gasteiger partial charge in [0.15, 0.2) is 0 Å². The van der Waals surface area contributed by atoms with E-state index in [2.05, 4.69) is 51.5 Å². The molecule has 0 aromatic heterocycles. The molecule has 0 atom stereocenters. The Hall–Kier alpha value is -2.66. The van der Waals surface area contributed by atoms with Gasteiger partial charge in [-0.3, -0.25) is 0 Å². The van der Waals surface area contributed by atoms with Gasteiger partial charge in [0.2, 0.25) is 0 Å². The Morgan fingerprint density at radius 1 is 0.913 bits per heavy atom. The number of aromatic carboxylic acids is 2. The zero-order chi connectivity index (χ0) is 17.5. The molecule has 0 bridgehead atoms. The summed E-state index contributed by atoms with van der Waals surface area (Å²) in [5.41, 5.74) is 1.43. The van der Waals surface area contributed by atoms with Crippen LogP contribution >= 0.6 is 0 Å². The van der Waals surface area contributed by atoms with Crippen molar-refractivity contribution in [2.75, 3.05) is 21.1 Å². The maximum Gasteiger partial charge on any atom is 0.335 e. The SMILES string of the molecule is C[N+](C)(C)Cc1ccccc1.O=C([O-])c1ccc(C(=O)O)cc1. The van der Waals surface area contributed by atoms with Gasteiger partial charge < -0.3 is 19.5 Å². The predicted octanol–water partition coefficient (Wildman–Crippen LogP) is 1.64. The Labute approximate surface area is 136 Å². The molecule has 0 saturated heterocycles. The van der Waals surface area contributed by atoms with E-state index in [9.17, 15) is 14.7 Å². The van der Waals surface area contributed by atoms with Gasteiger partial charge >= 0.3 is 5.97 Å². The van der Waals surface area contributed by atoms with Crippen LogP contribution in [0.4, 0.5) is 0 Å². The lowest BCUT2D eigenvalue weighted by Crippen LogP contribution is -2.33. The highest BCUT2D eigenvalue weighted by Crippen LogP contribution is 2.05. The number of hydrogen-bond donors (Lipinski definition) is 1. The highest BCUT2D eigenvalue weighted by atomic mass is 16.4. The molecule has 0 saturated carbocycles. The number of benzene rings is 2. The molecule has 0 radical (unpaired) electrons. The highest BCUT2D eigenvalue weighted by molar-refractivity contribution is 5.90. The lowest BCUT2D eigenvalue weighted by molar-refractivity contribution is -0.884. The predicted molar refractivity (Wildman–Crippen MR) is 85.9 cm³/mol.